The Hall–Kier alpha value is -3.49. The second-order valence-corrected chi connectivity index (χ2v) is 6.98. The van der Waals surface area contributed by atoms with Crippen molar-refractivity contribution in [3.63, 3.8) is 0 Å². The van der Waals surface area contributed by atoms with E-state index in [4.69, 9.17) is 4.74 Å². The number of alkyl halides is 6. The highest BCUT2D eigenvalue weighted by molar-refractivity contribution is 5.98. The van der Waals surface area contributed by atoms with Crippen LogP contribution in [0.2, 0.25) is 0 Å². The van der Waals surface area contributed by atoms with Gasteiger partial charge in [0.25, 0.3) is 0 Å². The number of esters is 1. The first-order valence-corrected chi connectivity index (χ1v) is 8.85. The summed E-state index contributed by atoms with van der Waals surface area (Å²) in [5.74, 6) is -1.51. The number of ether oxygens (including phenoxy) is 1. The van der Waals surface area contributed by atoms with Gasteiger partial charge < -0.3 is 9.84 Å². The van der Waals surface area contributed by atoms with Crippen LogP contribution in [0, 0.1) is 0 Å². The minimum Gasteiger partial charge on any atom is -0.508 e. The quantitative estimate of drug-likeness (QED) is 0.318. The Kier molecular flexibility index (Phi) is 4.53. The number of rotatable bonds is 2. The zero-order valence-corrected chi connectivity index (χ0v) is 15.4. The molecule has 0 saturated heterocycles. The van der Waals surface area contributed by atoms with Gasteiger partial charge in [-0.2, -0.15) is 26.3 Å². The van der Waals surface area contributed by atoms with Crippen LogP contribution in [-0.2, 0) is 22.6 Å². The molecule has 160 valence electrons. The van der Waals surface area contributed by atoms with E-state index in [0.717, 1.165) is 6.07 Å². The van der Waals surface area contributed by atoms with Crippen molar-refractivity contribution >= 4 is 5.97 Å². The molecule has 1 unspecified atom stereocenters. The van der Waals surface area contributed by atoms with Crippen molar-refractivity contribution in [3.05, 3.63) is 94.5 Å². The Morgan fingerprint density at radius 1 is 0.742 bits per heavy atom. The van der Waals surface area contributed by atoms with Crippen molar-refractivity contribution in [2.45, 2.75) is 17.8 Å². The fraction of sp³-hybridized carbons (Fsp3) is 0.136. The lowest BCUT2D eigenvalue weighted by atomic mass is 9.69. The number of halogens is 6. The van der Waals surface area contributed by atoms with Crippen molar-refractivity contribution in [2.75, 3.05) is 0 Å². The first-order valence-electron chi connectivity index (χ1n) is 8.85. The third-order valence-electron chi connectivity index (χ3n) is 5.11. The van der Waals surface area contributed by atoms with Gasteiger partial charge in [-0.15, -0.1) is 0 Å². The van der Waals surface area contributed by atoms with Gasteiger partial charge in [0.05, 0.1) is 11.1 Å². The smallest absolute Gasteiger partial charge is 0.416 e. The van der Waals surface area contributed by atoms with E-state index < -0.39 is 40.4 Å². The fourth-order valence-corrected chi connectivity index (χ4v) is 3.76. The lowest BCUT2D eigenvalue weighted by molar-refractivity contribution is -0.144. The zero-order chi connectivity index (χ0) is 22.6. The minimum atomic E-state index is -5.09. The van der Waals surface area contributed by atoms with Crippen LogP contribution in [0.4, 0.5) is 26.3 Å². The molecule has 1 N–H and O–H groups in total. The van der Waals surface area contributed by atoms with Crippen molar-refractivity contribution in [1.29, 1.82) is 0 Å². The molecule has 3 nitrogen and oxygen atoms in total. The molecule has 0 fully saturated rings. The molecular weight excluding hydrogens is 426 g/mol. The highest BCUT2D eigenvalue weighted by atomic mass is 19.4. The number of aromatic hydroxyl groups is 1. The maximum atomic E-state index is 13.5. The summed E-state index contributed by atoms with van der Waals surface area (Å²) in [4.78, 5) is 13.1. The molecule has 0 bridgehead atoms. The normalized spacial score (nSPS) is 18.6. The van der Waals surface area contributed by atoms with Crippen molar-refractivity contribution < 1.29 is 41.0 Å². The van der Waals surface area contributed by atoms with Gasteiger partial charge in [-0.25, -0.2) is 4.79 Å². The Bertz CT molecular complexity index is 1140. The number of carbonyl (C=O) groups excluding carboxylic acids is 1. The molecule has 31 heavy (non-hydrogen) atoms. The lowest BCUT2D eigenvalue weighted by Crippen LogP contribution is -2.37. The van der Waals surface area contributed by atoms with Crippen molar-refractivity contribution in [1.82, 2.24) is 0 Å². The molecule has 1 atom stereocenters. The van der Waals surface area contributed by atoms with Gasteiger partial charge in [-0.1, -0.05) is 30.3 Å². The summed E-state index contributed by atoms with van der Waals surface area (Å²) < 4.78 is 86.1. The third kappa shape index (κ3) is 3.30. The second-order valence-electron chi connectivity index (χ2n) is 6.98. The first-order chi connectivity index (χ1) is 14.4. The van der Waals surface area contributed by atoms with Crippen molar-refractivity contribution in [2.24, 2.45) is 0 Å². The molecule has 0 aromatic heterocycles. The van der Waals surface area contributed by atoms with Crippen LogP contribution in [-0.4, -0.2) is 11.1 Å². The van der Waals surface area contributed by atoms with E-state index in [1.54, 1.807) is 6.07 Å². The fourth-order valence-electron chi connectivity index (χ4n) is 3.76. The molecular formula is C22H12F6O3. The Morgan fingerprint density at radius 3 is 1.87 bits per heavy atom. The van der Waals surface area contributed by atoms with Crippen LogP contribution in [0.3, 0.4) is 0 Å². The predicted octanol–water partition coefficient (Wildman–Crippen LogP) is 5.68. The molecule has 0 aliphatic carbocycles. The topological polar surface area (TPSA) is 46.5 Å². The van der Waals surface area contributed by atoms with E-state index in [9.17, 15) is 36.2 Å². The monoisotopic (exact) mass is 438 g/mol. The number of phenolic OH excluding ortho intramolecular Hbond substituents is 1. The van der Waals surface area contributed by atoms with Gasteiger partial charge in [-0.3, -0.25) is 0 Å². The number of fused-ring (bicyclic) bond motifs is 1. The van der Waals surface area contributed by atoms with E-state index in [-0.39, 0.29) is 28.7 Å². The predicted molar refractivity (Wildman–Crippen MR) is 96.5 cm³/mol. The first kappa shape index (κ1) is 20.8. The molecule has 3 aromatic rings. The number of carbonyl (C=O) groups is 1. The van der Waals surface area contributed by atoms with Gasteiger partial charge in [0.2, 0.25) is 0 Å². The molecule has 9 heteroatoms. The molecule has 4 rings (SSSR count). The summed E-state index contributed by atoms with van der Waals surface area (Å²) in [6.07, 6.45) is -10.2. The lowest BCUT2D eigenvalue weighted by Gasteiger charge is -2.29. The molecule has 0 spiro atoms. The maximum Gasteiger partial charge on any atom is 0.416 e. The highest BCUT2D eigenvalue weighted by Crippen LogP contribution is 2.51. The van der Waals surface area contributed by atoms with Crippen molar-refractivity contribution in [3.8, 4) is 11.5 Å². The average Bonchev–Trinajstić information content (AvgIpc) is 2.98. The summed E-state index contributed by atoms with van der Waals surface area (Å²) in [5, 5.41) is 9.71. The van der Waals surface area contributed by atoms with Gasteiger partial charge >= 0.3 is 18.3 Å². The van der Waals surface area contributed by atoms with Gasteiger partial charge in [0.1, 0.15) is 16.9 Å². The van der Waals surface area contributed by atoms with Crippen LogP contribution in [0.1, 0.15) is 27.8 Å². The molecule has 1 heterocycles. The van der Waals surface area contributed by atoms with E-state index >= 15 is 0 Å². The number of hydrogen-bond acceptors (Lipinski definition) is 3. The standard InChI is InChI=1S/C22H12F6O3/c23-21(24,25)14-8-13(9-15(10-14)22(26,27)28)20(12-4-2-1-3-5-12)17-7-6-16(29)11-18(17)31-19(20)30/h1-11,29H. The van der Waals surface area contributed by atoms with E-state index in [1.807, 2.05) is 0 Å². The third-order valence-corrected chi connectivity index (χ3v) is 5.11. The number of hydrogen-bond donors (Lipinski definition) is 1. The van der Waals surface area contributed by atoms with Crippen LogP contribution in [0.25, 0.3) is 0 Å². The second kappa shape index (κ2) is 6.76. The van der Waals surface area contributed by atoms with E-state index in [1.165, 1.54) is 36.4 Å². The van der Waals surface area contributed by atoms with Gasteiger partial charge in [-0.05, 0) is 41.5 Å². The van der Waals surface area contributed by atoms with Gasteiger partial charge in [0.15, 0.2) is 0 Å². The Balaban J connectivity index is 2.12. The molecule has 1 aliphatic rings. The van der Waals surface area contributed by atoms with E-state index in [0.29, 0.717) is 12.1 Å². The largest absolute Gasteiger partial charge is 0.508 e. The van der Waals surface area contributed by atoms with Crippen LogP contribution >= 0.6 is 0 Å². The Morgan fingerprint density at radius 2 is 1.32 bits per heavy atom. The van der Waals surface area contributed by atoms with Crippen LogP contribution < -0.4 is 4.74 Å². The molecule has 0 amide bonds. The summed E-state index contributed by atoms with van der Waals surface area (Å²) in [6, 6.07) is 12.0. The van der Waals surface area contributed by atoms with E-state index in [2.05, 4.69) is 0 Å². The maximum absolute atomic E-state index is 13.5. The number of benzene rings is 3. The average molecular weight is 438 g/mol. The number of phenols is 1. The molecule has 0 radical (unpaired) electrons. The zero-order valence-electron chi connectivity index (χ0n) is 15.4. The van der Waals surface area contributed by atoms with Crippen LogP contribution in [0.15, 0.2) is 66.7 Å². The molecule has 3 aromatic carbocycles. The minimum absolute atomic E-state index is 0.000209. The summed E-state index contributed by atoms with van der Waals surface area (Å²) in [5.41, 5.74) is -5.59. The summed E-state index contributed by atoms with van der Waals surface area (Å²) in [7, 11) is 0. The summed E-state index contributed by atoms with van der Waals surface area (Å²) in [6.45, 7) is 0. The highest BCUT2D eigenvalue weighted by Gasteiger charge is 2.53. The van der Waals surface area contributed by atoms with Crippen LogP contribution in [0.5, 0.6) is 11.5 Å². The molecule has 0 saturated carbocycles. The summed E-state index contributed by atoms with van der Waals surface area (Å²) >= 11 is 0. The Labute approximate surface area is 171 Å². The molecule has 1 aliphatic heterocycles. The van der Waals surface area contributed by atoms with Gasteiger partial charge in [0, 0.05) is 11.6 Å². The SMILES string of the molecule is O=C1Oc2cc(O)ccc2C1(c1ccccc1)c1cc(C(F)(F)F)cc(C(F)(F)F)c1.